The van der Waals surface area contributed by atoms with Crippen molar-refractivity contribution >= 4 is 5.91 Å². The zero-order valence-electron chi connectivity index (χ0n) is 13.5. The largest absolute Gasteiger partial charge is 0.460 e. The second kappa shape index (κ2) is 6.63. The maximum atomic E-state index is 11.8. The molecular formula is C17H25N3O2. The van der Waals surface area contributed by atoms with Crippen LogP contribution in [0.3, 0.4) is 0 Å². The summed E-state index contributed by atoms with van der Waals surface area (Å²) < 4.78 is 5.91. The lowest BCUT2D eigenvalue weighted by atomic mass is 9.93. The van der Waals surface area contributed by atoms with Gasteiger partial charge < -0.3 is 10.1 Å². The Labute approximate surface area is 131 Å². The number of rotatable bonds is 5. The van der Waals surface area contributed by atoms with E-state index in [1.165, 1.54) is 12.8 Å². The quantitative estimate of drug-likeness (QED) is 0.908. The lowest BCUT2D eigenvalue weighted by molar-refractivity contribution is -0.122. The van der Waals surface area contributed by atoms with Gasteiger partial charge in [0, 0.05) is 23.9 Å². The Bertz CT molecular complexity index is 514. The van der Waals surface area contributed by atoms with E-state index in [4.69, 9.17) is 4.74 Å². The van der Waals surface area contributed by atoms with Crippen molar-refractivity contribution < 1.29 is 9.53 Å². The number of amides is 1. The third-order valence-corrected chi connectivity index (χ3v) is 4.44. The highest BCUT2D eigenvalue weighted by Crippen LogP contribution is 2.32. The van der Waals surface area contributed by atoms with Crippen LogP contribution in [0, 0.1) is 19.8 Å². The molecule has 5 heteroatoms. The SMILES string of the molecule is Cc1cc(C)nc(OC2CCC(NC(=O)CC3CC3)CC2)n1. The average Bonchev–Trinajstić information content (AvgIpc) is 3.23. The highest BCUT2D eigenvalue weighted by molar-refractivity contribution is 5.76. The van der Waals surface area contributed by atoms with Gasteiger partial charge in [0.1, 0.15) is 6.10 Å². The molecule has 0 bridgehead atoms. The van der Waals surface area contributed by atoms with E-state index < -0.39 is 0 Å². The number of nitrogens with zero attached hydrogens (tertiary/aromatic N) is 2. The van der Waals surface area contributed by atoms with Crippen LogP contribution in [0.2, 0.25) is 0 Å². The molecule has 0 aliphatic heterocycles. The summed E-state index contributed by atoms with van der Waals surface area (Å²) >= 11 is 0. The molecule has 0 radical (unpaired) electrons. The minimum Gasteiger partial charge on any atom is -0.460 e. The van der Waals surface area contributed by atoms with Crippen LogP contribution in [0.25, 0.3) is 0 Å². The van der Waals surface area contributed by atoms with E-state index in [1.54, 1.807) is 0 Å². The molecule has 5 nitrogen and oxygen atoms in total. The van der Waals surface area contributed by atoms with Crippen LogP contribution < -0.4 is 10.1 Å². The standard InChI is InChI=1S/C17H25N3O2/c1-11-9-12(2)19-17(18-11)22-15-7-5-14(6-8-15)20-16(21)10-13-3-4-13/h9,13-15H,3-8,10H2,1-2H3,(H,20,21). The zero-order chi connectivity index (χ0) is 15.5. The van der Waals surface area contributed by atoms with E-state index >= 15 is 0 Å². The summed E-state index contributed by atoms with van der Waals surface area (Å²) in [7, 11) is 0. The van der Waals surface area contributed by atoms with Crippen LogP contribution >= 0.6 is 0 Å². The van der Waals surface area contributed by atoms with Crippen LogP contribution in [0.4, 0.5) is 0 Å². The summed E-state index contributed by atoms with van der Waals surface area (Å²) in [6.07, 6.45) is 7.19. The van der Waals surface area contributed by atoms with E-state index in [1.807, 2.05) is 19.9 Å². The van der Waals surface area contributed by atoms with Gasteiger partial charge in [-0.25, -0.2) is 9.97 Å². The minimum atomic E-state index is 0.165. The van der Waals surface area contributed by atoms with Crippen LogP contribution in [0.5, 0.6) is 6.01 Å². The Morgan fingerprint density at radius 1 is 1.14 bits per heavy atom. The highest BCUT2D eigenvalue weighted by Gasteiger charge is 2.27. The molecule has 3 rings (SSSR count). The number of carbonyl (C=O) groups is 1. The Morgan fingerprint density at radius 3 is 2.36 bits per heavy atom. The molecule has 1 aromatic heterocycles. The number of aryl methyl sites for hydroxylation is 2. The molecule has 2 saturated carbocycles. The number of hydrogen-bond acceptors (Lipinski definition) is 4. The van der Waals surface area contributed by atoms with Crippen molar-refractivity contribution in [3.63, 3.8) is 0 Å². The number of hydrogen-bond donors (Lipinski definition) is 1. The first-order valence-electron chi connectivity index (χ1n) is 8.37. The zero-order valence-corrected chi connectivity index (χ0v) is 13.5. The fourth-order valence-electron chi connectivity index (χ4n) is 3.09. The first-order chi connectivity index (χ1) is 10.6. The third kappa shape index (κ3) is 4.42. The van der Waals surface area contributed by atoms with Crippen molar-refractivity contribution in [1.82, 2.24) is 15.3 Å². The third-order valence-electron chi connectivity index (χ3n) is 4.44. The lowest BCUT2D eigenvalue weighted by Gasteiger charge is -2.29. The molecule has 1 N–H and O–H groups in total. The van der Waals surface area contributed by atoms with Crippen molar-refractivity contribution in [1.29, 1.82) is 0 Å². The van der Waals surface area contributed by atoms with Gasteiger partial charge in [-0.1, -0.05) is 0 Å². The summed E-state index contributed by atoms with van der Waals surface area (Å²) in [5.74, 6) is 0.880. The van der Waals surface area contributed by atoms with E-state index in [9.17, 15) is 4.79 Å². The molecule has 0 saturated heterocycles. The van der Waals surface area contributed by atoms with Gasteiger partial charge in [0.05, 0.1) is 0 Å². The summed E-state index contributed by atoms with van der Waals surface area (Å²) in [6, 6.07) is 2.74. The molecule has 1 aromatic rings. The van der Waals surface area contributed by atoms with E-state index in [0.717, 1.165) is 37.1 Å². The molecule has 1 amide bonds. The first-order valence-corrected chi connectivity index (χ1v) is 8.37. The van der Waals surface area contributed by atoms with Crippen LogP contribution in [-0.2, 0) is 4.79 Å². The van der Waals surface area contributed by atoms with Gasteiger partial charge in [-0.3, -0.25) is 4.79 Å². The van der Waals surface area contributed by atoms with Crippen LogP contribution in [0.1, 0.15) is 56.3 Å². The second-order valence-electron chi connectivity index (χ2n) is 6.74. The average molecular weight is 303 g/mol. The Morgan fingerprint density at radius 2 is 1.77 bits per heavy atom. The normalized spacial score (nSPS) is 24.8. The molecular weight excluding hydrogens is 278 g/mol. The fraction of sp³-hybridized carbons (Fsp3) is 0.706. The smallest absolute Gasteiger partial charge is 0.317 e. The maximum Gasteiger partial charge on any atom is 0.317 e. The molecule has 22 heavy (non-hydrogen) atoms. The lowest BCUT2D eigenvalue weighted by Crippen LogP contribution is -2.39. The van der Waals surface area contributed by atoms with Crippen LogP contribution in [0.15, 0.2) is 6.07 Å². The van der Waals surface area contributed by atoms with Crippen molar-refractivity contribution in [3.8, 4) is 6.01 Å². The van der Waals surface area contributed by atoms with E-state index in [0.29, 0.717) is 24.4 Å². The molecule has 0 aromatic carbocycles. The van der Waals surface area contributed by atoms with Gasteiger partial charge in [-0.05, 0) is 64.4 Å². The first kappa shape index (κ1) is 15.3. The number of nitrogens with one attached hydrogen (secondary N) is 1. The predicted molar refractivity (Wildman–Crippen MR) is 83.7 cm³/mol. The highest BCUT2D eigenvalue weighted by atomic mass is 16.5. The summed E-state index contributed by atoms with van der Waals surface area (Å²) in [5, 5.41) is 3.17. The monoisotopic (exact) mass is 303 g/mol. The Balaban J connectivity index is 1.43. The van der Waals surface area contributed by atoms with Crippen molar-refractivity contribution in [2.24, 2.45) is 5.92 Å². The summed E-state index contributed by atoms with van der Waals surface area (Å²) in [4.78, 5) is 20.5. The molecule has 0 atom stereocenters. The Kier molecular flexibility index (Phi) is 4.60. The van der Waals surface area contributed by atoms with Gasteiger partial charge >= 0.3 is 6.01 Å². The van der Waals surface area contributed by atoms with Crippen molar-refractivity contribution in [2.75, 3.05) is 0 Å². The second-order valence-corrected chi connectivity index (χ2v) is 6.74. The summed E-state index contributed by atoms with van der Waals surface area (Å²) in [6.45, 7) is 3.90. The Hall–Kier alpha value is -1.65. The molecule has 1 heterocycles. The predicted octanol–water partition coefficient (Wildman–Crippen LogP) is 2.70. The van der Waals surface area contributed by atoms with Crippen LogP contribution in [-0.4, -0.2) is 28.0 Å². The van der Waals surface area contributed by atoms with Gasteiger partial charge in [0.15, 0.2) is 0 Å². The molecule has 2 aliphatic carbocycles. The van der Waals surface area contributed by atoms with E-state index in [2.05, 4.69) is 15.3 Å². The van der Waals surface area contributed by atoms with Gasteiger partial charge in [0.25, 0.3) is 0 Å². The van der Waals surface area contributed by atoms with Gasteiger partial charge in [0.2, 0.25) is 5.91 Å². The summed E-state index contributed by atoms with van der Waals surface area (Å²) in [5.41, 5.74) is 1.87. The number of aromatic nitrogens is 2. The molecule has 2 aliphatic rings. The topological polar surface area (TPSA) is 64.1 Å². The van der Waals surface area contributed by atoms with Gasteiger partial charge in [-0.15, -0.1) is 0 Å². The molecule has 2 fully saturated rings. The minimum absolute atomic E-state index is 0.165. The van der Waals surface area contributed by atoms with E-state index in [-0.39, 0.29) is 12.0 Å². The number of carbonyl (C=O) groups excluding carboxylic acids is 1. The maximum absolute atomic E-state index is 11.8. The van der Waals surface area contributed by atoms with Gasteiger partial charge in [-0.2, -0.15) is 0 Å². The van der Waals surface area contributed by atoms with Crippen molar-refractivity contribution in [3.05, 3.63) is 17.5 Å². The van der Waals surface area contributed by atoms with Crippen molar-refractivity contribution in [2.45, 2.75) is 70.9 Å². The molecule has 0 spiro atoms. The molecule has 120 valence electrons. The fourth-order valence-corrected chi connectivity index (χ4v) is 3.09. The molecule has 0 unspecified atom stereocenters. The number of ether oxygens (including phenoxy) is 1.